The zero-order valence-electron chi connectivity index (χ0n) is 10.8. The van der Waals surface area contributed by atoms with E-state index in [2.05, 4.69) is 5.32 Å². The van der Waals surface area contributed by atoms with Crippen LogP contribution in [0.25, 0.3) is 0 Å². The van der Waals surface area contributed by atoms with Crippen LogP contribution in [0.5, 0.6) is 0 Å². The third kappa shape index (κ3) is 3.67. The molecule has 0 aromatic heterocycles. The number of anilines is 1. The molecule has 2 rings (SSSR count). The van der Waals surface area contributed by atoms with Crippen LogP contribution >= 0.6 is 11.6 Å². The summed E-state index contributed by atoms with van der Waals surface area (Å²) in [5.74, 6) is -1.76. The highest BCUT2D eigenvalue weighted by Gasteiger charge is 2.12. The fraction of sp³-hybridized carbons (Fsp3) is 0.200. The second-order valence-electron chi connectivity index (χ2n) is 4.62. The quantitative estimate of drug-likeness (QED) is 0.855. The molecule has 2 aromatic carbocycles. The van der Waals surface area contributed by atoms with Gasteiger partial charge in [-0.15, -0.1) is 0 Å². The van der Waals surface area contributed by atoms with Crippen LogP contribution in [0.3, 0.4) is 0 Å². The molecule has 0 fully saturated rings. The van der Waals surface area contributed by atoms with Gasteiger partial charge in [-0.3, -0.25) is 0 Å². The normalized spacial score (nSPS) is 12.2. The first kappa shape index (κ1) is 14.7. The average Bonchev–Trinajstić information content (AvgIpc) is 2.36. The Bertz CT molecular complexity index is 576. The smallest absolute Gasteiger partial charge is 0.150 e. The molecule has 20 heavy (non-hydrogen) atoms. The monoisotopic (exact) mass is 299 g/mol. The minimum atomic E-state index is -0.735. The molecule has 106 valence electrons. The van der Waals surface area contributed by atoms with Gasteiger partial charge in [0.2, 0.25) is 0 Å². The Labute approximate surface area is 120 Å². The van der Waals surface area contributed by atoms with Crippen LogP contribution < -0.4 is 5.32 Å². The van der Waals surface area contributed by atoms with Gasteiger partial charge in [-0.1, -0.05) is 23.7 Å². The maximum Gasteiger partial charge on any atom is 0.150 e. The van der Waals surface area contributed by atoms with Gasteiger partial charge in [-0.05, 0) is 37.1 Å². The van der Waals surface area contributed by atoms with Crippen molar-refractivity contribution in [2.24, 2.45) is 0 Å². The van der Waals surface area contributed by atoms with Crippen molar-refractivity contribution < 1.29 is 13.2 Å². The average molecular weight is 300 g/mol. The lowest BCUT2D eigenvalue weighted by molar-refractivity contribution is 0.583. The van der Waals surface area contributed by atoms with Crippen LogP contribution in [0.2, 0.25) is 5.02 Å². The van der Waals surface area contributed by atoms with Crippen molar-refractivity contribution in [3.05, 3.63) is 64.4 Å². The fourth-order valence-electron chi connectivity index (χ4n) is 1.95. The molecule has 1 nitrogen and oxygen atoms in total. The molecule has 0 bridgehead atoms. The van der Waals surface area contributed by atoms with Gasteiger partial charge in [-0.2, -0.15) is 0 Å². The van der Waals surface area contributed by atoms with Gasteiger partial charge in [0.05, 0.1) is 10.7 Å². The summed E-state index contributed by atoms with van der Waals surface area (Å²) in [6.07, 6.45) is 0.563. The highest BCUT2D eigenvalue weighted by atomic mass is 35.5. The molecule has 0 radical (unpaired) electrons. The van der Waals surface area contributed by atoms with E-state index in [0.29, 0.717) is 6.42 Å². The van der Waals surface area contributed by atoms with Gasteiger partial charge >= 0.3 is 0 Å². The number of halogens is 4. The molecule has 0 amide bonds. The molecule has 0 heterocycles. The lowest BCUT2D eigenvalue weighted by Gasteiger charge is -2.17. The molecule has 2 aromatic rings. The van der Waals surface area contributed by atoms with Gasteiger partial charge in [0.15, 0.2) is 5.82 Å². The molecule has 5 heteroatoms. The fourth-order valence-corrected chi connectivity index (χ4v) is 2.20. The molecule has 1 unspecified atom stereocenters. The Balaban J connectivity index is 2.08. The minimum absolute atomic E-state index is 0.00606. The van der Waals surface area contributed by atoms with Crippen LogP contribution in [0.4, 0.5) is 18.9 Å². The van der Waals surface area contributed by atoms with Crippen molar-refractivity contribution in [3.8, 4) is 0 Å². The topological polar surface area (TPSA) is 12.0 Å². The zero-order chi connectivity index (χ0) is 14.7. The van der Waals surface area contributed by atoms with Gasteiger partial charge in [0.25, 0.3) is 0 Å². The summed E-state index contributed by atoms with van der Waals surface area (Å²) in [7, 11) is 0. The van der Waals surface area contributed by atoms with Crippen molar-refractivity contribution in [2.75, 3.05) is 5.32 Å². The summed E-state index contributed by atoms with van der Waals surface area (Å²) in [5, 5.41) is 2.90. The Hall–Kier alpha value is -1.68. The number of benzene rings is 2. The van der Waals surface area contributed by atoms with E-state index in [-0.39, 0.29) is 22.6 Å². The molecule has 0 aliphatic rings. The number of nitrogens with one attached hydrogen (secondary N) is 1. The van der Waals surface area contributed by atoms with Crippen LogP contribution in [0.1, 0.15) is 12.5 Å². The lowest BCUT2D eigenvalue weighted by Crippen LogP contribution is -2.19. The number of rotatable bonds is 4. The lowest BCUT2D eigenvalue weighted by atomic mass is 10.1. The third-order valence-electron chi connectivity index (χ3n) is 2.85. The van der Waals surface area contributed by atoms with E-state index in [4.69, 9.17) is 11.6 Å². The van der Waals surface area contributed by atoms with Crippen LogP contribution in [0, 0.1) is 17.5 Å². The molecule has 1 N–H and O–H groups in total. The maximum absolute atomic E-state index is 13.6. The molecule has 0 aliphatic carbocycles. The number of hydrogen-bond donors (Lipinski definition) is 1. The standard InChI is InChI=1S/C15H13ClF3N/c1-9(6-10-2-4-11(17)5-3-10)20-15-13(16)7-12(18)8-14(15)19/h2-5,7-9,20H,6H2,1H3. The largest absolute Gasteiger partial charge is 0.379 e. The first-order valence-corrected chi connectivity index (χ1v) is 6.49. The highest BCUT2D eigenvalue weighted by molar-refractivity contribution is 6.33. The second kappa shape index (κ2) is 6.18. The molecular formula is C15H13ClF3N. The van der Waals surface area contributed by atoms with Crippen LogP contribution in [-0.2, 0) is 6.42 Å². The first-order chi connectivity index (χ1) is 9.45. The Kier molecular flexibility index (Phi) is 4.55. The molecule has 0 aliphatic heterocycles. The minimum Gasteiger partial charge on any atom is -0.379 e. The predicted molar refractivity (Wildman–Crippen MR) is 74.6 cm³/mol. The van der Waals surface area contributed by atoms with Gasteiger partial charge in [0, 0.05) is 12.1 Å². The van der Waals surface area contributed by atoms with Crippen molar-refractivity contribution in [2.45, 2.75) is 19.4 Å². The van der Waals surface area contributed by atoms with Gasteiger partial charge in [0.1, 0.15) is 11.6 Å². The maximum atomic E-state index is 13.6. The van der Waals surface area contributed by atoms with Gasteiger partial charge in [-0.25, -0.2) is 13.2 Å². The summed E-state index contributed by atoms with van der Waals surface area (Å²) in [4.78, 5) is 0. The number of hydrogen-bond acceptors (Lipinski definition) is 1. The van der Waals surface area contributed by atoms with E-state index in [1.54, 1.807) is 12.1 Å². The van der Waals surface area contributed by atoms with Crippen molar-refractivity contribution in [1.29, 1.82) is 0 Å². The summed E-state index contributed by atoms with van der Waals surface area (Å²) in [6, 6.07) is 7.75. The van der Waals surface area contributed by atoms with Crippen molar-refractivity contribution in [1.82, 2.24) is 0 Å². The summed E-state index contributed by atoms with van der Waals surface area (Å²) in [6.45, 7) is 1.84. The Morgan fingerprint density at radius 3 is 2.30 bits per heavy atom. The Morgan fingerprint density at radius 2 is 1.70 bits per heavy atom. The van der Waals surface area contributed by atoms with E-state index >= 15 is 0 Å². The van der Waals surface area contributed by atoms with Crippen molar-refractivity contribution in [3.63, 3.8) is 0 Å². The van der Waals surface area contributed by atoms with Crippen LogP contribution in [0.15, 0.2) is 36.4 Å². The van der Waals surface area contributed by atoms with E-state index in [0.717, 1.165) is 17.7 Å². The molecule has 0 saturated heterocycles. The molecule has 0 saturated carbocycles. The zero-order valence-corrected chi connectivity index (χ0v) is 11.5. The SMILES string of the molecule is CC(Cc1ccc(F)cc1)Nc1c(F)cc(F)cc1Cl. The third-order valence-corrected chi connectivity index (χ3v) is 3.15. The van der Waals surface area contributed by atoms with E-state index in [9.17, 15) is 13.2 Å². The van der Waals surface area contributed by atoms with E-state index < -0.39 is 11.6 Å². The Morgan fingerprint density at radius 1 is 1.05 bits per heavy atom. The predicted octanol–water partition coefficient (Wildman–Crippen LogP) is 4.80. The molecule has 0 spiro atoms. The van der Waals surface area contributed by atoms with Crippen LogP contribution in [-0.4, -0.2) is 6.04 Å². The molecular weight excluding hydrogens is 287 g/mol. The van der Waals surface area contributed by atoms with Gasteiger partial charge < -0.3 is 5.32 Å². The highest BCUT2D eigenvalue weighted by Crippen LogP contribution is 2.27. The first-order valence-electron chi connectivity index (χ1n) is 6.11. The van der Waals surface area contributed by atoms with E-state index in [1.807, 2.05) is 6.92 Å². The summed E-state index contributed by atoms with van der Waals surface area (Å²) >= 11 is 5.81. The van der Waals surface area contributed by atoms with Crippen molar-refractivity contribution >= 4 is 17.3 Å². The summed E-state index contributed by atoms with van der Waals surface area (Å²) < 4.78 is 39.4. The summed E-state index contributed by atoms with van der Waals surface area (Å²) in [5.41, 5.74) is 0.979. The van der Waals surface area contributed by atoms with E-state index in [1.165, 1.54) is 12.1 Å². The second-order valence-corrected chi connectivity index (χ2v) is 5.03. The molecule has 1 atom stereocenters.